The summed E-state index contributed by atoms with van der Waals surface area (Å²) in [5, 5.41) is 12.4. The lowest BCUT2D eigenvalue weighted by Crippen LogP contribution is -2.40. The summed E-state index contributed by atoms with van der Waals surface area (Å²) in [5.74, 6) is 0.0660. The fourth-order valence-corrected chi connectivity index (χ4v) is 1.15. The normalized spacial score (nSPS) is 12.9. The third kappa shape index (κ3) is 6.76. The van der Waals surface area contributed by atoms with Crippen molar-refractivity contribution in [1.29, 1.82) is 0 Å². The van der Waals surface area contributed by atoms with Crippen molar-refractivity contribution in [2.24, 2.45) is 0 Å². The fraction of sp³-hybridized carbons (Fsp3) is 0.909. The van der Waals surface area contributed by atoms with Gasteiger partial charge < -0.3 is 20.1 Å². The van der Waals surface area contributed by atoms with Gasteiger partial charge >= 0.3 is 0 Å². The van der Waals surface area contributed by atoms with Crippen molar-refractivity contribution < 1.29 is 14.6 Å². The topological polar surface area (TPSA) is 61.8 Å². The minimum atomic E-state index is -0.463. The molecule has 0 bridgehead atoms. The van der Waals surface area contributed by atoms with Crippen molar-refractivity contribution in [3.8, 4) is 0 Å². The van der Waals surface area contributed by atoms with Gasteiger partial charge in [-0.15, -0.1) is 0 Å². The molecule has 0 saturated carbocycles. The first-order valence-corrected chi connectivity index (χ1v) is 5.62. The highest BCUT2D eigenvalue weighted by molar-refractivity contribution is 5.78. The smallest absolute Gasteiger partial charge is 0.236 e. The van der Waals surface area contributed by atoms with Crippen molar-refractivity contribution in [1.82, 2.24) is 10.2 Å². The number of aliphatic hydroxyl groups excluding tert-OH is 1. The Morgan fingerprint density at radius 1 is 1.50 bits per heavy atom. The first kappa shape index (κ1) is 15.3. The van der Waals surface area contributed by atoms with Gasteiger partial charge in [-0.25, -0.2) is 0 Å². The first-order valence-electron chi connectivity index (χ1n) is 5.62. The molecule has 0 aromatic carbocycles. The Hall–Kier alpha value is -0.650. The number of amides is 1. The quantitative estimate of drug-likeness (QED) is 0.571. The van der Waals surface area contributed by atoms with Gasteiger partial charge in [-0.05, 0) is 26.8 Å². The average molecular weight is 232 g/mol. The van der Waals surface area contributed by atoms with Gasteiger partial charge in [0.1, 0.15) is 0 Å². The maximum Gasteiger partial charge on any atom is 0.236 e. The van der Waals surface area contributed by atoms with Crippen LogP contribution in [-0.2, 0) is 9.53 Å². The van der Waals surface area contributed by atoms with Gasteiger partial charge in [0.15, 0.2) is 0 Å². The van der Waals surface area contributed by atoms with E-state index < -0.39 is 6.10 Å². The highest BCUT2D eigenvalue weighted by Gasteiger charge is 2.11. The molecule has 5 heteroatoms. The summed E-state index contributed by atoms with van der Waals surface area (Å²) in [6.07, 6.45) is 0.127. The molecule has 0 aliphatic carbocycles. The molecule has 0 rings (SSSR count). The molecule has 0 aliphatic heterocycles. The molecule has 0 spiro atoms. The number of carbonyl (C=O) groups is 1. The molecule has 0 saturated heterocycles. The maximum atomic E-state index is 11.5. The van der Waals surface area contributed by atoms with Crippen LogP contribution in [0.15, 0.2) is 0 Å². The van der Waals surface area contributed by atoms with E-state index in [-0.39, 0.29) is 11.9 Å². The highest BCUT2D eigenvalue weighted by Crippen LogP contribution is 1.94. The van der Waals surface area contributed by atoms with E-state index in [1.165, 1.54) is 0 Å². The lowest BCUT2D eigenvalue weighted by Gasteiger charge is -2.21. The monoisotopic (exact) mass is 232 g/mol. The molecule has 0 aliphatic rings. The Morgan fingerprint density at radius 2 is 2.12 bits per heavy atom. The molecule has 2 N–H and O–H groups in total. The Labute approximate surface area is 97.8 Å². The Balaban J connectivity index is 3.55. The van der Waals surface area contributed by atoms with E-state index in [1.807, 2.05) is 13.8 Å². The van der Waals surface area contributed by atoms with Crippen molar-refractivity contribution in [3.63, 3.8) is 0 Å². The van der Waals surface area contributed by atoms with Crippen molar-refractivity contribution in [2.45, 2.75) is 32.4 Å². The number of rotatable bonds is 8. The lowest BCUT2D eigenvalue weighted by molar-refractivity contribution is -0.130. The van der Waals surface area contributed by atoms with E-state index in [0.717, 1.165) is 0 Å². The minimum Gasteiger partial charge on any atom is -0.391 e. The molecule has 1 unspecified atom stereocenters. The molecule has 16 heavy (non-hydrogen) atoms. The number of hydrogen-bond donors (Lipinski definition) is 2. The number of nitrogens with zero attached hydrogens (tertiary/aromatic N) is 1. The van der Waals surface area contributed by atoms with E-state index >= 15 is 0 Å². The third-order valence-electron chi connectivity index (χ3n) is 2.46. The standard InChI is InChI=1S/C11H24N2O3/c1-9(2)13(3)11(15)7-12-6-5-10(14)8-16-4/h9-10,12,14H,5-8H2,1-4H3. The predicted molar refractivity (Wildman–Crippen MR) is 63.3 cm³/mol. The predicted octanol–water partition coefficient (Wildman–Crippen LogP) is -0.160. The number of aliphatic hydroxyl groups is 1. The van der Waals surface area contributed by atoms with E-state index in [0.29, 0.717) is 26.1 Å². The molecule has 0 radical (unpaired) electrons. The molecule has 1 amide bonds. The summed E-state index contributed by atoms with van der Waals surface area (Å²) in [6, 6.07) is 0.216. The maximum absolute atomic E-state index is 11.5. The fourth-order valence-electron chi connectivity index (χ4n) is 1.15. The van der Waals surface area contributed by atoms with E-state index in [4.69, 9.17) is 4.74 Å². The van der Waals surface area contributed by atoms with Crippen LogP contribution in [0.1, 0.15) is 20.3 Å². The summed E-state index contributed by atoms with van der Waals surface area (Å²) < 4.78 is 4.80. The second kappa shape index (κ2) is 8.50. The van der Waals surface area contributed by atoms with Gasteiger partial charge in [-0.1, -0.05) is 0 Å². The van der Waals surface area contributed by atoms with Gasteiger partial charge in [0.25, 0.3) is 0 Å². The van der Waals surface area contributed by atoms with Gasteiger partial charge in [-0.2, -0.15) is 0 Å². The second-order valence-electron chi connectivity index (χ2n) is 4.17. The van der Waals surface area contributed by atoms with Crippen molar-refractivity contribution >= 4 is 5.91 Å². The summed E-state index contributed by atoms with van der Waals surface area (Å²) in [6.45, 7) is 5.21. The number of hydrogen-bond acceptors (Lipinski definition) is 4. The summed E-state index contributed by atoms with van der Waals surface area (Å²) in [7, 11) is 3.34. The Kier molecular flexibility index (Phi) is 8.15. The minimum absolute atomic E-state index is 0.0660. The van der Waals surface area contributed by atoms with Crippen LogP contribution in [0.25, 0.3) is 0 Å². The van der Waals surface area contributed by atoms with Crippen LogP contribution in [-0.4, -0.2) is 61.9 Å². The summed E-state index contributed by atoms with van der Waals surface area (Å²) in [5.41, 5.74) is 0. The number of methoxy groups -OCH3 is 1. The average Bonchev–Trinajstić information content (AvgIpc) is 2.23. The molecule has 0 heterocycles. The van der Waals surface area contributed by atoms with Gasteiger partial charge in [0.2, 0.25) is 5.91 Å². The summed E-state index contributed by atoms with van der Waals surface area (Å²) >= 11 is 0. The van der Waals surface area contributed by atoms with Crippen LogP contribution in [0.5, 0.6) is 0 Å². The molecule has 0 aromatic rings. The SMILES string of the molecule is COCC(O)CCNCC(=O)N(C)C(C)C. The molecule has 5 nitrogen and oxygen atoms in total. The molecule has 96 valence electrons. The molecule has 1 atom stereocenters. The third-order valence-corrected chi connectivity index (χ3v) is 2.46. The number of carbonyl (C=O) groups excluding carboxylic acids is 1. The van der Waals surface area contributed by atoms with Crippen molar-refractivity contribution in [3.05, 3.63) is 0 Å². The zero-order valence-corrected chi connectivity index (χ0v) is 10.7. The van der Waals surface area contributed by atoms with Crippen LogP contribution in [0.4, 0.5) is 0 Å². The van der Waals surface area contributed by atoms with Crippen LogP contribution in [0.3, 0.4) is 0 Å². The number of nitrogens with one attached hydrogen (secondary N) is 1. The van der Waals surface area contributed by atoms with E-state index in [9.17, 15) is 9.90 Å². The summed E-state index contributed by atoms with van der Waals surface area (Å²) in [4.78, 5) is 13.2. The molecule has 0 fully saturated rings. The number of ether oxygens (including phenoxy) is 1. The largest absolute Gasteiger partial charge is 0.391 e. The zero-order valence-electron chi connectivity index (χ0n) is 10.7. The zero-order chi connectivity index (χ0) is 12.6. The van der Waals surface area contributed by atoms with Crippen LogP contribution in [0.2, 0.25) is 0 Å². The van der Waals surface area contributed by atoms with Gasteiger partial charge in [-0.3, -0.25) is 4.79 Å². The number of likely N-dealkylation sites (N-methyl/N-ethyl adjacent to an activating group) is 1. The van der Waals surface area contributed by atoms with Crippen molar-refractivity contribution in [2.75, 3.05) is 33.9 Å². The van der Waals surface area contributed by atoms with Crippen LogP contribution >= 0.6 is 0 Å². The Bertz CT molecular complexity index is 198. The molecular formula is C11H24N2O3. The van der Waals surface area contributed by atoms with Gasteiger partial charge in [0, 0.05) is 20.2 Å². The second-order valence-corrected chi connectivity index (χ2v) is 4.17. The highest BCUT2D eigenvalue weighted by atomic mass is 16.5. The van der Waals surface area contributed by atoms with E-state index in [1.54, 1.807) is 19.1 Å². The Morgan fingerprint density at radius 3 is 2.62 bits per heavy atom. The van der Waals surface area contributed by atoms with Crippen LogP contribution in [0, 0.1) is 0 Å². The first-order chi connectivity index (χ1) is 7.49. The van der Waals surface area contributed by atoms with Crippen LogP contribution < -0.4 is 5.32 Å². The molecular weight excluding hydrogens is 208 g/mol. The molecule has 0 aromatic heterocycles. The van der Waals surface area contributed by atoms with E-state index in [2.05, 4.69) is 5.32 Å². The van der Waals surface area contributed by atoms with Gasteiger partial charge in [0.05, 0.1) is 19.3 Å². The lowest BCUT2D eigenvalue weighted by atomic mass is 10.2.